The van der Waals surface area contributed by atoms with Crippen LogP contribution in [-0.4, -0.2) is 35.8 Å². The zero-order valence-corrected chi connectivity index (χ0v) is 12.5. The number of pyridine rings is 1. The minimum atomic E-state index is -0.284. The minimum absolute atomic E-state index is 0.0300. The van der Waals surface area contributed by atoms with Crippen molar-refractivity contribution in [2.24, 2.45) is 0 Å². The van der Waals surface area contributed by atoms with E-state index < -0.39 is 0 Å². The van der Waals surface area contributed by atoms with Gasteiger partial charge in [0.15, 0.2) is 6.61 Å². The average Bonchev–Trinajstić information content (AvgIpc) is 2.54. The Labute approximate surface area is 133 Å². The van der Waals surface area contributed by atoms with Crippen molar-refractivity contribution in [3.63, 3.8) is 0 Å². The van der Waals surface area contributed by atoms with Crippen LogP contribution in [0, 0.1) is 0 Å². The molecule has 0 radical (unpaired) electrons. The number of hydrogen-bond acceptors (Lipinski definition) is 5. The molecule has 0 unspecified atom stereocenters. The number of amides is 1. The summed E-state index contributed by atoms with van der Waals surface area (Å²) in [4.78, 5) is 15.9. The third kappa shape index (κ3) is 5.23. The first-order chi connectivity index (χ1) is 10.7. The Morgan fingerprint density at radius 2 is 2.00 bits per heavy atom. The molecule has 0 bridgehead atoms. The van der Waals surface area contributed by atoms with E-state index in [0.29, 0.717) is 28.8 Å². The van der Waals surface area contributed by atoms with E-state index in [1.54, 1.807) is 36.4 Å². The second-order valence-corrected chi connectivity index (χ2v) is 4.81. The lowest BCUT2D eigenvalue weighted by Crippen LogP contribution is -2.20. The molecule has 7 heteroatoms. The number of benzene rings is 1. The molecular weight excluding hydrogens is 306 g/mol. The number of halogens is 1. The molecule has 0 aliphatic rings. The van der Waals surface area contributed by atoms with E-state index in [1.807, 2.05) is 0 Å². The van der Waals surface area contributed by atoms with Crippen LogP contribution in [0.3, 0.4) is 0 Å². The SMILES string of the molecule is O=C(COc1ccc(Cl)cc1)Nc1ccc(NCCO)nc1. The summed E-state index contributed by atoms with van der Waals surface area (Å²) in [7, 11) is 0. The topological polar surface area (TPSA) is 83.5 Å². The number of carbonyl (C=O) groups excluding carboxylic acids is 1. The fourth-order valence-corrected chi connectivity index (χ4v) is 1.76. The maximum absolute atomic E-state index is 11.8. The number of anilines is 2. The first-order valence-corrected chi connectivity index (χ1v) is 7.04. The van der Waals surface area contributed by atoms with Gasteiger partial charge in [-0.2, -0.15) is 0 Å². The van der Waals surface area contributed by atoms with Gasteiger partial charge in [-0.25, -0.2) is 4.98 Å². The van der Waals surface area contributed by atoms with Crippen molar-refractivity contribution in [1.82, 2.24) is 4.98 Å². The van der Waals surface area contributed by atoms with Crippen LogP contribution >= 0.6 is 11.6 Å². The fraction of sp³-hybridized carbons (Fsp3) is 0.200. The monoisotopic (exact) mass is 321 g/mol. The molecule has 1 heterocycles. The molecule has 0 aliphatic carbocycles. The Kier molecular flexibility index (Phi) is 6.00. The van der Waals surface area contributed by atoms with E-state index >= 15 is 0 Å². The van der Waals surface area contributed by atoms with Crippen LogP contribution in [0.5, 0.6) is 5.75 Å². The molecule has 0 atom stereocenters. The zero-order valence-electron chi connectivity index (χ0n) is 11.8. The zero-order chi connectivity index (χ0) is 15.8. The van der Waals surface area contributed by atoms with Gasteiger partial charge in [0.25, 0.3) is 5.91 Å². The highest BCUT2D eigenvalue weighted by atomic mass is 35.5. The maximum Gasteiger partial charge on any atom is 0.262 e. The molecule has 2 aromatic rings. The van der Waals surface area contributed by atoms with Crippen LogP contribution in [0.15, 0.2) is 42.6 Å². The largest absolute Gasteiger partial charge is 0.484 e. The van der Waals surface area contributed by atoms with Gasteiger partial charge < -0.3 is 20.5 Å². The molecule has 116 valence electrons. The highest BCUT2D eigenvalue weighted by molar-refractivity contribution is 6.30. The Bertz CT molecular complexity index is 602. The number of aliphatic hydroxyl groups is 1. The molecule has 0 fully saturated rings. The van der Waals surface area contributed by atoms with E-state index in [4.69, 9.17) is 21.4 Å². The van der Waals surface area contributed by atoms with Crippen molar-refractivity contribution in [3.8, 4) is 5.75 Å². The van der Waals surface area contributed by atoms with Crippen molar-refractivity contribution in [1.29, 1.82) is 0 Å². The summed E-state index contributed by atoms with van der Waals surface area (Å²) in [5.41, 5.74) is 0.569. The number of hydrogen-bond donors (Lipinski definition) is 3. The summed E-state index contributed by atoms with van der Waals surface area (Å²) in [6.07, 6.45) is 1.53. The molecule has 0 aliphatic heterocycles. The lowest BCUT2D eigenvalue weighted by atomic mass is 10.3. The van der Waals surface area contributed by atoms with Crippen molar-refractivity contribution in [3.05, 3.63) is 47.6 Å². The number of ether oxygens (including phenoxy) is 1. The van der Waals surface area contributed by atoms with Gasteiger partial charge in [-0.3, -0.25) is 4.79 Å². The molecular formula is C15H16ClN3O3. The molecule has 3 N–H and O–H groups in total. The number of aromatic nitrogens is 1. The van der Waals surface area contributed by atoms with Crippen molar-refractivity contribution in [2.75, 3.05) is 30.4 Å². The van der Waals surface area contributed by atoms with Gasteiger partial charge in [0, 0.05) is 11.6 Å². The Hall–Kier alpha value is -2.31. The highest BCUT2D eigenvalue weighted by Gasteiger charge is 2.04. The number of rotatable bonds is 7. The second-order valence-electron chi connectivity index (χ2n) is 4.37. The molecule has 1 amide bonds. The summed E-state index contributed by atoms with van der Waals surface area (Å²) in [5.74, 6) is 0.915. The maximum atomic E-state index is 11.8. The summed E-state index contributed by atoms with van der Waals surface area (Å²) in [6.45, 7) is 0.349. The van der Waals surface area contributed by atoms with E-state index in [9.17, 15) is 4.79 Å². The van der Waals surface area contributed by atoms with Gasteiger partial charge >= 0.3 is 0 Å². The number of carbonyl (C=O) groups is 1. The summed E-state index contributed by atoms with van der Waals surface area (Å²) in [5, 5.41) is 14.9. The van der Waals surface area contributed by atoms with Gasteiger partial charge in [-0.05, 0) is 36.4 Å². The highest BCUT2D eigenvalue weighted by Crippen LogP contribution is 2.15. The Morgan fingerprint density at radius 3 is 2.64 bits per heavy atom. The van der Waals surface area contributed by atoms with Crippen LogP contribution < -0.4 is 15.4 Å². The van der Waals surface area contributed by atoms with Crippen LogP contribution in [0.25, 0.3) is 0 Å². The van der Waals surface area contributed by atoms with Gasteiger partial charge in [-0.1, -0.05) is 11.6 Å². The lowest BCUT2D eigenvalue weighted by molar-refractivity contribution is -0.118. The normalized spacial score (nSPS) is 10.1. The minimum Gasteiger partial charge on any atom is -0.484 e. The molecule has 0 saturated heterocycles. The number of nitrogens with one attached hydrogen (secondary N) is 2. The predicted molar refractivity (Wildman–Crippen MR) is 85.4 cm³/mol. The molecule has 0 saturated carbocycles. The first-order valence-electron chi connectivity index (χ1n) is 6.66. The summed E-state index contributed by atoms with van der Waals surface area (Å²) >= 11 is 5.77. The van der Waals surface area contributed by atoms with E-state index in [1.165, 1.54) is 6.20 Å². The quantitative estimate of drug-likeness (QED) is 0.728. The first kappa shape index (κ1) is 16.1. The fourth-order valence-electron chi connectivity index (χ4n) is 1.63. The van der Waals surface area contributed by atoms with E-state index in [0.717, 1.165) is 0 Å². The molecule has 1 aromatic carbocycles. The second kappa shape index (κ2) is 8.21. The molecule has 2 rings (SSSR count). The predicted octanol–water partition coefficient (Wildman–Crippen LogP) is 2.16. The summed E-state index contributed by atoms with van der Waals surface area (Å²) in [6, 6.07) is 10.2. The number of nitrogens with zero attached hydrogens (tertiary/aromatic N) is 1. The van der Waals surface area contributed by atoms with Crippen LogP contribution in [0.1, 0.15) is 0 Å². The van der Waals surface area contributed by atoms with Gasteiger partial charge in [-0.15, -0.1) is 0 Å². The van der Waals surface area contributed by atoms with E-state index in [-0.39, 0.29) is 19.1 Å². The average molecular weight is 322 g/mol. The van der Waals surface area contributed by atoms with Crippen molar-refractivity contribution < 1.29 is 14.6 Å². The van der Waals surface area contributed by atoms with E-state index in [2.05, 4.69) is 15.6 Å². The van der Waals surface area contributed by atoms with Crippen LogP contribution in [0.4, 0.5) is 11.5 Å². The Morgan fingerprint density at radius 1 is 1.23 bits per heavy atom. The molecule has 0 spiro atoms. The summed E-state index contributed by atoms with van der Waals surface area (Å²) < 4.78 is 5.34. The standard InChI is InChI=1S/C15H16ClN3O3/c16-11-1-4-13(5-2-11)22-10-15(21)19-12-3-6-14(18-9-12)17-7-8-20/h1-6,9,20H,7-8,10H2,(H,17,18)(H,19,21). The number of aliphatic hydroxyl groups excluding tert-OH is 1. The smallest absolute Gasteiger partial charge is 0.262 e. The third-order valence-electron chi connectivity index (χ3n) is 2.65. The molecule has 22 heavy (non-hydrogen) atoms. The molecule has 6 nitrogen and oxygen atoms in total. The van der Waals surface area contributed by atoms with Crippen LogP contribution in [0.2, 0.25) is 5.02 Å². The van der Waals surface area contributed by atoms with Gasteiger partial charge in [0.1, 0.15) is 11.6 Å². The van der Waals surface area contributed by atoms with Gasteiger partial charge in [0.2, 0.25) is 0 Å². The van der Waals surface area contributed by atoms with Gasteiger partial charge in [0.05, 0.1) is 18.5 Å². The lowest BCUT2D eigenvalue weighted by Gasteiger charge is -2.08. The van der Waals surface area contributed by atoms with Crippen molar-refractivity contribution in [2.45, 2.75) is 0 Å². The molecule has 1 aromatic heterocycles. The van der Waals surface area contributed by atoms with Crippen LogP contribution in [-0.2, 0) is 4.79 Å². The third-order valence-corrected chi connectivity index (χ3v) is 2.90. The van der Waals surface area contributed by atoms with Crippen molar-refractivity contribution >= 4 is 29.0 Å². The Balaban J connectivity index is 1.80.